The third-order valence-electron chi connectivity index (χ3n) is 4.13. The number of nitrogens with zero attached hydrogens (tertiary/aromatic N) is 4. The van der Waals surface area contributed by atoms with Crippen LogP contribution in [0.1, 0.15) is 44.8 Å². The minimum atomic E-state index is 0.0263. The van der Waals surface area contributed by atoms with Gasteiger partial charge in [0.1, 0.15) is 11.6 Å². The molecule has 0 spiro atoms. The van der Waals surface area contributed by atoms with E-state index in [0.29, 0.717) is 0 Å². The molecule has 1 aliphatic heterocycles. The molecule has 0 saturated carbocycles. The number of likely N-dealkylation sites (N-methyl/N-ethyl adjacent to an activating group) is 2. The van der Waals surface area contributed by atoms with E-state index in [1.165, 1.54) is 6.42 Å². The Morgan fingerprint density at radius 3 is 2.52 bits per heavy atom. The molecule has 1 aliphatic rings. The summed E-state index contributed by atoms with van der Waals surface area (Å²) < 4.78 is 0. The molecule has 2 rings (SSSR count). The van der Waals surface area contributed by atoms with Gasteiger partial charge in [-0.05, 0) is 33.6 Å². The van der Waals surface area contributed by atoms with Crippen LogP contribution >= 0.6 is 0 Å². The summed E-state index contributed by atoms with van der Waals surface area (Å²) in [4.78, 5) is 14.4. The SMILES string of the molecule is CNc1cc(C(C)(C)C)nc(C2CN(C)CCCN2C)n1. The maximum Gasteiger partial charge on any atom is 0.149 e. The summed E-state index contributed by atoms with van der Waals surface area (Å²) in [5.41, 5.74) is 1.12. The quantitative estimate of drug-likeness (QED) is 0.904. The van der Waals surface area contributed by atoms with Crippen molar-refractivity contribution in [3.8, 4) is 0 Å². The van der Waals surface area contributed by atoms with Crippen LogP contribution in [0.15, 0.2) is 6.07 Å². The Morgan fingerprint density at radius 2 is 1.90 bits per heavy atom. The van der Waals surface area contributed by atoms with Crippen LogP contribution in [-0.2, 0) is 5.41 Å². The molecule has 0 amide bonds. The average Bonchev–Trinajstić information content (AvgIpc) is 2.59. The Morgan fingerprint density at radius 1 is 1.19 bits per heavy atom. The van der Waals surface area contributed by atoms with Crippen LogP contribution in [-0.4, -0.2) is 60.5 Å². The highest BCUT2D eigenvalue weighted by Gasteiger charge is 2.27. The molecule has 0 bridgehead atoms. The molecule has 1 aromatic heterocycles. The maximum atomic E-state index is 4.88. The van der Waals surface area contributed by atoms with Gasteiger partial charge in [0.15, 0.2) is 0 Å². The molecule has 0 radical (unpaired) electrons. The lowest BCUT2D eigenvalue weighted by Crippen LogP contribution is -2.32. The second-order valence-corrected chi connectivity index (χ2v) is 7.11. The molecule has 5 nitrogen and oxygen atoms in total. The van der Waals surface area contributed by atoms with Gasteiger partial charge in [-0.15, -0.1) is 0 Å². The molecule has 2 heterocycles. The van der Waals surface area contributed by atoms with Gasteiger partial charge in [0.25, 0.3) is 0 Å². The number of anilines is 1. The van der Waals surface area contributed by atoms with Gasteiger partial charge in [-0.2, -0.15) is 0 Å². The molecule has 1 N–H and O–H groups in total. The minimum absolute atomic E-state index is 0.0263. The first-order chi connectivity index (χ1) is 9.81. The lowest BCUT2D eigenvalue weighted by molar-refractivity contribution is 0.219. The third-order valence-corrected chi connectivity index (χ3v) is 4.13. The van der Waals surface area contributed by atoms with E-state index in [-0.39, 0.29) is 11.5 Å². The summed E-state index contributed by atoms with van der Waals surface area (Å²) in [7, 11) is 6.27. The summed E-state index contributed by atoms with van der Waals surface area (Å²) >= 11 is 0. The van der Waals surface area contributed by atoms with Gasteiger partial charge in [-0.1, -0.05) is 20.8 Å². The fraction of sp³-hybridized carbons (Fsp3) is 0.750. The van der Waals surface area contributed by atoms with Crippen LogP contribution in [0.5, 0.6) is 0 Å². The number of rotatable bonds is 2. The fourth-order valence-electron chi connectivity index (χ4n) is 2.68. The van der Waals surface area contributed by atoms with E-state index in [0.717, 1.165) is 37.0 Å². The van der Waals surface area contributed by atoms with Crippen LogP contribution in [0, 0.1) is 0 Å². The van der Waals surface area contributed by atoms with Crippen LogP contribution in [0.3, 0.4) is 0 Å². The Labute approximate surface area is 128 Å². The minimum Gasteiger partial charge on any atom is -0.373 e. The van der Waals surface area contributed by atoms with Crippen LogP contribution in [0.2, 0.25) is 0 Å². The van der Waals surface area contributed by atoms with Crippen molar-refractivity contribution < 1.29 is 0 Å². The molecule has 1 aromatic rings. The van der Waals surface area contributed by atoms with Gasteiger partial charge in [-0.25, -0.2) is 9.97 Å². The first-order valence-electron chi connectivity index (χ1n) is 7.77. The predicted octanol–water partition coefficient (Wildman–Crippen LogP) is 2.12. The average molecular weight is 291 g/mol. The second-order valence-electron chi connectivity index (χ2n) is 7.11. The zero-order valence-electron chi connectivity index (χ0n) is 14.3. The molecule has 1 atom stereocenters. The predicted molar refractivity (Wildman–Crippen MR) is 87.8 cm³/mol. The molecule has 1 fully saturated rings. The van der Waals surface area contributed by atoms with Crippen molar-refractivity contribution in [1.82, 2.24) is 19.8 Å². The topological polar surface area (TPSA) is 44.3 Å². The largest absolute Gasteiger partial charge is 0.373 e. The summed E-state index contributed by atoms with van der Waals surface area (Å²) in [6, 6.07) is 2.32. The van der Waals surface area contributed by atoms with E-state index in [2.05, 4.69) is 56.0 Å². The van der Waals surface area contributed by atoms with Gasteiger partial charge < -0.3 is 10.2 Å². The van der Waals surface area contributed by atoms with Crippen molar-refractivity contribution in [3.05, 3.63) is 17.6 Å². The van der Waals surface area contributed by atoms with Gasteiger partial charge >= 0.3 is 0 Å². The van der Waals surface area contributed by atoms with E-state index in [1.54, 1.807) is 0 Å². The molecule has 1 unspecified atom stereocenters. The normalized spacial score (nSPS) is 22.1. The van der Waals surface area contributed by atoms with Gasteiger partial charge in [-0.3, -0.25) is 4.90 Å². The number of aromatic nitrogens is 2. The number of hydrogen-bond acceptors (Lipinski definition) is 5. The summed E-state index contributed by atoms with van der Waals surface area (Å²) in [6.45, 7) is 9.80. The van der Waals surface area contributed by atoms with E-state index < -0.39 is 0 Å². The van der Waals surface area contributed by atoms with Crippen molar-refractivity contribution in [1.29, 1.82) is 0 Å². The first-order valence-corrected chi connectivity index (χ1v) is 7.77. The van der Waals surface area contributed by atoms with Crippen LogP contribution in [0.4, 0.5) is 5.82 Å². The first kappa shape index (κ1) is 16.2. The molecular weight excluding hydrogens is 262 g/mol. The Kier molecular flexibility index (Phi) is 4.84. The third kappa shape index (κ3) is 3.92. The molecular formula is C16H29N5. The van der Waals surface area contributed by atoms with Crippen molar-refractivity contribution in [3.63, 3.8) is 0 Å². The van der Waals surface area contributed by atoms with E-state index >= 15 is 0 Å². The van der Waals surface area contributed by atoms with E-state index in [1.807, 2.05) is 7.05 Å². The lowest BCUT2D eigenvalue weighted by atomic mass is 9.91. The number of hydrogen-bond donors (Lipinski definition) is 1. The van der Waals surface area contributed by atoms with Gasteiger partial charge in [0.05, 0.1) is 11.7 Å². The molecule has 0 aromatic carbocycles. The second kappa shape index (κ2) is 6.28. The highest BCUT2D eigenvalue weighted by atomic mass is 15.2. The fourth-order valence-corrected chi connectivity index (χ4v) is 2.68. The Balaban J connectivity index is 2.41. The summed E-state index contributed by atoms with van der Waals surface area (Å²) in [5.74, 6) is 1.84. The van der Waals surface area contributed by atoms with Crippen LogP contribution in [0.25, 0.3) is 0 Å². The van der Waals surface area contributed by atoms with E-state index in [4.69, 9.17) is 9.97 Å². The lowest BCUT2D eigenvalue weighted by Gasteiger charge is -2.28. The Bertz CT molecular complexity index is 480. The Hall–Kier alpha value is -1.20. The summed E-state index contributed by atoms with van der Waals surface area (Å²) in [5, 5.41) is 3.18. The van der Waals surface area contributed by atoms with Crippen molar-refractivity contribution in [2.45, 2.75) is 38.6 Å². The highest BCUT2D eigenvalue weighted by Crippen LogP contribution is 2.26. The molecule has 118 valence electrons. The monoisotopic (exact) mass is 291 g/mol. The molecule has 5 heteroatoms. The van der Waals surface area contributed by atoms with Crippen molar-refractivity contribution >= 4 is 5.82 Å². The number of nitrogens with one attached hydrogen (secondary N) is 1. The maximum absolute atomic E-state index is 4.88. The highest BCUT2D eigenvalue weighted by molar-refractivity contribution is 5.37. The zero-order valence-corrected chi connectivity index (χ0v) is 14.3. The van der Waals surface area contributed by atoms with E-state index in [9.17, 15) is 0 Å². The zero-order chi connectivity index (χ0) is 15.6. The summed E-state index contributed by atoms with van der Waals surface area (Å²) in [6.07, 6.45) is 1.20. The molecule has 0 aliphatic carbocycles. The smallest absolute Gasteiger partial charge is 0.149 e. The van der Waals surface area contributed by atoms with Crippen LogP contribution < -0.4 is 5.32 Å². The van der Waals surface area contributed by atoms with Gasteiger partial charge in [0, 0.05) is 25.1 Å². The van der Waals surface area contributed by atoms with Crippen molar-refractivity contribution in [2.75, 3.05) is 46.1 Å². The van der Waals surface area contributed by atoms with Gasteiger partial charge in [0.2, 0.25) is 0 Å². The molecule has 21 heavy (non-hydrogen) atoms. The van der Waals surface area contributed by atoms with Crippen molar-refractivity contribution in [2.24, 2.45) is 0 Å². The standard InChI is InChI=1S/C16H29N5/c1-16(2,3)13-10-14(17-4)19-15(18-13)12-11-20(5)8-7-9-21(12)6/h10,12H,7-9,11H2,1-6H3,(H,17,18,19). The molecule has 1 saturated heterocycles.